The van der Waals surface area contributed by atoms with Crippen molar-refractivity contribution in [2.24, 2.45) is 4.99 Å². The second kappa shape index (κ2) is 8.99. The fraction of sp³-hybridized carbons (Fsp3) is 0.350. The molecule has 0 amide bonds. The number of aliphatic imine (C=N–C) groups is 1. The molecule has 0 bridgehead atoms. The summed E-state index contributed by atoms with van der Waals surface area (Å²) in [6.07, 6.45) is 2.06. The first-order chi connectivity index (χ1) is 12.5. The molecule has 0 saturated heterocycles. The van der Waals surface area contributed by atoms with Crippen molar-refractivity contribution in [1.82, 2.24) is 0 Å². The monoisotopic (exact) mass is 357 g/mol. The first kappa shape index (κ1) is 19.4. The van der Waals surface area contributed by atoms with Gasteiger partial charge in [-0.15, -0.1) is 0 Å². The maximum atomic E-state index is 12.1. The average Bonchev–Trinajstić information content (AvgIpc) is 2.63. The van der Waals surface area contributed by atoms with Gasteiger partial charge in [0.15, 0.2) is 5.78 Å². The number of aromatic hydroxyl groups is 2. The molecule has 0 saturated carbocycles. The van der Waals surface area contributed by atoms with Crippen LogP contribution in [0.4, 0.5) is 0 Å². The number of Topliss-reactive ketones (excluding diaryl/α,β-unsaturated/α-hetero) is 1. The standard InChI is InChI=1S/C20H23NO5/c1-3-14(21-12-8-11-13-9-6-5-7-10-13)16-18(23)17(15(22)4-2)20(25)26-19(16)24/h5-7,9-10,23,25H,3-4,8,11-12H2,1-2H3. The first-order valence-corrected chi connectivity index (χ1v) is 8.69. The van der Waals surface area contributed by atoms with E-state index in [0.29, 0.717) is 18.7 Å². The van der Waals surface area contributed by atoms with Crippen LogP contribution in [0.5, 0.6) is 11.7 Å². The third-order valence-corrected chi connectivity index (χ3v) is 4.07. The Hall–Kier alpha value is -2.89. The predicted molar refractivity (Wildman–Crippen MR) is 99.4 cm³/mol. The molecule has 6 nitrogen and oxygen atoms in total. The molecule has 0 fully saturated rings. The van der Waals surface area contributed by atoms with Crippen molar-refractivity contribution < 1.29 is 19.4 Å². The molecule has 0 aliphatic carbocycles. The van der Waals surface area contributed by atoms with Gasteiger partial charge < -0.3 is 14.6 Å². The lowest BCUT2D eigenvalue weighted by Gasteiger charge is -2.10. The molecule has 0 atom stereocenters. The van der Waals surface area contributed by atoms with Crippen molar-refractivity contribution in [1.29, 1.82) is 0 Å². The fourth-order valence-corrected chi connectivity index (χ4v) is 2.70. The minimum absolute atomic E-state index is 0.0595. The number of rotatable bonds is 8. The van der Waals surface area contributed by atoms with E-state index in [4.69, 9.17) is 4.42 Å². The summed E-state index contributed by atoms with van der Waals surface area (Å²) in [6, 6.07) is 9.98. The van der Waals surface area contributed by atoms with Gasteiger partial charge in [0.1, 0.15) is 16.9 Å². The molecule has 0 spiro atoms. The highest BCUT2D eigenvalue weighted by Crippen LogP contribution is 2.30. The van der Waals surface area contributed by atoms with E-state index in [9.17, 15) is 19.8 Å². The van der Waals surface area contributed by atoms with E-state index in [1.165, 1.54) is 5.56 Å². The Morgan fingerprint density at radius 3 is 2.38 bits per heavy atom. The summed E-state index contributed by atoms with van der Waals surface area (Å²) < 4.78 is 4.74. The molecule has 2 rings (SSSR count). The molecule has 1 aromatic carbocycles. The zero-order valence-corrected chi connectivity index (χ0v) is 15.0. The highest BCUT2D eigenvalue weighted by Gasteiger charge is 2.25. The van der Waals surface area contributed by atoms with Crippen molar-refractivity contribution in [2.45, 2.75) is 39.5 Å². The molecule has 0 aliphatic heterocycles. The number of hydrogen-bond donors (Lipinski definition) is 2. The molecule has 0 unspecified atom stereocenters. The number of benzene rings is 1. The highest BCUT2D eigenvalue weighted by molar-refractivity contribution is 6.07. The van der Waals surface area contributed by atoms with Gasteiger partial charge in [-0.1, -0.05) is 44.2 Å². The Bertz CT molecular complexity index is 852. The van der Waals surface area contributed by atoms with Crippen molar-refractivity contribution in [3.63, 3.8) is 0 Å². The van der Waals surface area contributed by atoms with E-state index in [1.807, 2.05) is 30.3 Å². The summed E-state index contributed by atoms with van der Waals surface area (Å²) in [5.74, 6) is -1.93. The number of ketones is 1. The van der Waals surface area contributed by atoms with Crippen LogP contribution in [0.15, 0.2) is 44.5 Å². The number of carbonyl (C=O) groups excluding carboxylic acids is 1. The van der Waals surface area contributed by atoms with Gasteiger partial charge in [-0.05, 0) is 24.8 Å². The van der Waals surface area contributed by atoms with Crippen LogP contribution in [0, 0.1) is 0 Å². The van der Waals surface area contributed by atoms with Crippen LogP contribution in [-0.2, 0) is 6.42 Å². The topological polar surface area (TPSA) is 100 Å². The summed E-state index contributed by atoms with van der Waals surface area (Å²) in [5.41, 5.74) is 0.128. The molecule has 0 aliphatic rings. The highest BCUT2D eigenvalue weighted by atomic mass is 16.5. The number of hydrogen-bond acceptors (Lipinski definition) is 6. The van der Waals surface area contributed by atoms with Crippen molar-refractivity contribution in [3.8, 4) is 11.7 Å². The number of nitrogens with zero attached hydrogens (tertiary/aromatic N) is 1. The van der Waals surface area contributed by atoms with E-state index in [0.717, 1.165) is 12.8 Å². The van der Waals surface area contributed by atoms with E-state index in [-0.39, 0.29) is 17.5 Å². The lowest BCUT2D eigenvalue weighted by molar-refractivity contribution is 0.0976. The quantitative estimate of drug-likeness (QED) is 0.428. The predicted octanol–water partition coefficient (Wildman–Crippen LogP) is 3.48. The molecule has 26 heavy (non-hydrogen) atoms. The maximum absolute atomic E-state index is 12.1. The SMILES string of the molecule is CCC(=O)c1c(O)oc(=O)c(C(CC)=NCCCc2ccccc2)c1O. The van der Waals surface area contributed by atoms with Gasteiger partial charge in [-0.3, -0.25) is 9.79 Å². The minimum atomic E-state index is -0.906. The lowest BCUT2D eigenvalue weighted by atomic mass is 10.0. The smallest absolute Gasteiger partial charge is 0.351 e. The van der Waals surface area contributed by atoms with Crippen LogP contribution < -0.4 is 5.63 Å². The third kappa shape index (κ3) is 4.39. The van der Waals surface area contributed by atoms with Crippen LogP contribution in [0.3, 0.4) is 0 Å². The molecular weight excluding hydrogens is 334 g/mol. The molecule has 138 valence electrons. The summed E-state index contributed by atoms with van der Waals surface area (Å²) in [4.78, 5) is 28.4. The van der Waals surface area contributed by atoms with Crippen molar-refractivity contribution in [3.05, 3.63) is 57.4 Å². The first-order valence-electron chi connectivity index (χ1n) is 8.69. The summed E-state index contributed by atoms with van der Waals surface area (Å²) in [5, 5.41) is 20.1. The van der Waals surface area contributed by atoms with Gasteiger partial charge in [0, 0.05) is 13.0 Å². The Morgan fingerprint density at radius 2 is 1.77 bits per heavy atom. The molecule has 0 radical (unpaired) electrons. The van der Waals surface area contributed by atoms with Crippen LogP contribution >= 0.6 is 0 Å². The third-order valence-electron chi connectivity index (χ3n) is 4.07. The van der Waals surface area contributed by atoms with Crippen molar-refractivity contribution in [2.75, 3.05) is 6.54 Å². The minimum Gasteiger partial charge on any atom is -0.506 e. The Balaban J connectivity index is 2.26. The van der Waals surface area contributed by atoms with Gasteiger partial charge in [0.25, 0.3) is 5.95 Å². The number of aryl methyl sites for hydroxylation is 1. The van der Waals surface area contributed by atoms with E-state index >= 15 is 0 Å². The zero-order chi connectivity index (χ0) is 19.1. The second-order valence-corrected chi connectivity index (χ2v) is 5.84. The second-order valence-electron chi connectivity index (χ2n) is 5.84. The van der Waals surface area contributed by atoms with Crippen LogP contribution in [0.25, 0.3) is 0 Å². The normalized spacial score (nSPS) is 11.5. The molecule has 1 aromatic heterocycles. The Kier molecular flexibility index (Phi) is 6.72. The maximum Gasteiger partial charge on any atom is 0.351 e. The fourth-order valence-electron chi connectivity index (χ4n) is 2.70. The van der Waals surface area contributed by atoms with Crippen molar-refractivity contribution >= 4 is 11.5 Å². The Labute approximate surface area is 151 Å². The van der Waals surface area contributed by atoms with E-state index in [2.05, 4.69) is 4.99 Å². The van der Waals surface area contributed by atoms with Gasteiger partial charge in [-0.2, -0.15) is 0 Å². The molecule has 2 aromatic rings. The van der Waals surface area contributed by atoms with Crippen LogP contribution in [0.2, 0.25) is 0 Å². The number of carbonyl (C=O) groups is 1. The lowest BCUT2D eigenvalue weighted by Crippen LogP contribution is -2.17. The van der Waals surface area contributed by atoms with E-state index < -0.39 is 23.1 Å². The Morgan fingerprint density at radius 1 is 1.08 bits per heavy atom. The van der Waals surface area contributed by atoms with Gasteiger partial charge in [0.2, 0.25) is 0 Å². The molecule has 1 heterocycles. The van der Waals surface area contributed by atoms with Crippen LogP contribution in [-0.4, -0.2) is 28.3 Å². The average molecular weight is 357 g/mol. The molecule has 6 heteroatoms. The molecule has 2 N–H and O–H groups in total. The summed E-state index contributed by atoms with van der Waals surface area (Å²) >= 11 is 0. The summed E-state index contributed by atoms with van der Waals surface area (Å²) in [7, 11) is 0. The zero-order valence-electron chi connectivity index (χ0n) is 15.0. The van der Waals surface area contributed by atoms with Crippen LogP contribution in [0.1, 0.15) is 54.6 Å². The molecular formula is C20H23NO5. The van der Waals surface area contributed by atoms with E-state index in [1.54, 1.807) is 13.8 Å². The van der Waals surface area contributed by atoms with Gasteiger partial charge >= 0.3 is 5.63 Å². The largest absolute Gasteiger partial charge is 0.506 e. The van der Waals surface area contributed by atoms with Gasteiger partial charge in [0.05, 0.1) is 5.71 Å². The van der Waals surface area contributed by atoms with Gasteiger partial charge in [-0.25, -0.2) is 4.79 Å². The summed E-state index contributed by atoms with van der Waals surface area (Å²) in [6.45, 7) is 3.85.